The van der Waals surface area contributed by atoms with Crippen LogP contribution >= 0.6 is 0 Å². The summed E-state index contributed by atoms with van der Waals surface area (Å²) in [5.41, 5.74) is 3.09. The number of nitrogens with zero attached hydrogens (tertiary/aromatic N) is 2. The van der Waals surface area contributed by atoms with Crippen LogP contribution in [0.15, 0.2) is 48.5 Å². The summed E-state index contributed by atoms with van der Waals surface area (Å²) in [6, 6.07) is 18.6. The largest absolute Gasteiger partial charge is 0.496 e. The highest BCUT2D eigenvalue weighted by atomic mass is 16.5. The number of hydrogen-bond acceptors (Lipinski definition) is 4. The molecule has 3 rings (SSSR count). The maximum atomic E-state index is 9.03. The van der Waals surface area contributed by atoms with Crippen LogP contribution in [-0.2, 0) is 6.54 Å². The lowest BCUT2D eigenvalue weighted by atomic mass is 10.0. The van der Waals surface area contributed by atoms with Crippen LogP contribution in [0.25, 0.3) is 0 Å². The fourth-order valence-electron chi connectivity index (χ4n) is 3.53. The Kier molecular flexibility index (Phi) is 6.05. The average Bonchev–Trinajstić information content (AvgIpc) is 3.20. The molecule has 0 bridgehead atoms. The summed E-state index contributed by atoms with van der Waals surface area (Å²) >= 11 is 0. The topological polar surface area (TPSA) is 48.3 Å². The number of nitriles is 1. The molecule has 0 spiro atoms. The van der Waals surface area contributed by atoms with Crippen LogP contribution in [0.4, 0.5) is 0 Å². The lowest BCUT2D eigenvalue weighted by molar-refractivity contribution is 0.232. The van der Waals surface area contributed by atoms with E-state index in [9.17, 15) is 0 Å². The van der Waals surface area contributed by atoms with Gasteiger partial charge < -0.3 is 10.1 Å². The highest BCUT2D eigenvalue weighted by molar-refractivity contribution is 5.36. The zero-order valence-electron chi connectivity index (χ0n) is 14.7. The Hall–Kier alpha value is -2.35. The number of rotatable bonds is 7. The van der Waals surface area contributed by atoms with Crippen LogP contribution in [-0.4, -0.2) is 31.6 Å². The molecule has 1 fully saturated rings. The first kappa shape index (κ1) is 17.5. The summed E-state index contributed by atoms with van der Waals surface area (Å²) in [7, 11) is 1.74. The highest BCUT2D eigenvalue weighted by Gasteiger charge is 2.25. The van der Waals surface area contributed by atoms with Gasteiger partial charge >= 0.3 is 0 Å². The fourth-order valence-corrected chi connectivity index (χ4v) is 3.53. The Bertz CT molecular complexity index is 732. The van der Waals surface area contributed by atoms with Gasteiger partial charge in [-0.15, -0.1) is 0 Å². The molecule has 4 heteroatoms. The van der Waals surface area contributed by atoms with Gasteiger partial charge in [0.2, 0.25) is 0 Å². The van der Waals surface area contributed by atoms with Crippen molar-refractivity contribution < 1.29 is 4.74 Å². The van der Waals surface area contributed by atoms with E-state index in [2.05, 4.69) is 34.5 Å². The van der Waals surface area contributed by atoms with Gasteiger partial charge in [0.1, 0.15) is 5.75 Å². The van der Waals surface area contributed by atoms with Gasteiger partial charge in [0.25, 0.3) is 0 Å². The van der Waals surface area contributed by atoms with E-state index in [0.717, 1.165) is 37.5 Å². The summed E-state index contributed by atoms with van der Waals surface area (Å²) in [5.74, 6) is 0.952. The van der Waals surface area contributed by atoms with Crippen LogP contribution in [0.3, 0.4) is 0 Å². The summed E-state index contributed by atoms with van der Waals surface area (Å²) < 4.78 is 5.59. The summed E-state index contributed by atoms with van der Waals surface area (Å²) in [4.78, 5) is 2.54. The van der Waals surface area contributed by atoms with Crippen LogP contribution in [0.2, 0.25) is 0 Å². The number of hydrogen-bond donors (Lipinski definition) is 1. The number of ether oxygens (including phenoxy) is 1. The number of benzene rings is 2. The minimum atomic E-state index is 0.304. The summed E-state index contributed by atoms with van der Waals surface area (Å²) in [6.07, 6.45) is 2.52. The Morgan fingerprint density at radius 1 is 1.16 bits per heavy atom. The first-order valence-electron chi connectivity index (χ1n) is 8.88. The molecule has 0 aliphatic carbocycles. The molecule has 0 saturated carbocycles. The monoisotopic (exact) mass is 335 g/mol. The van der Waals surface area contributed by atoms with Crippen LogP contribution < -0.4 is 10.1 Å². The molecule has 1 heterocycles. The minimum absolute atomic E-state index is 0.304. The predicted octanol–water partition coefficient (Wildman–Crippen LogP) is 3.49. The molecule has 2 aromatic carbocycles. The predicted molar refractivity (Wildman–Crippen MR) is 99.4 cm³/mol. The molecule has 1 atom stereocenters. The number of para-hydroxylation sites is 1. The number of likely N-dealkylation sites (tertiary alicyclic amines) is 1. The SMILES string of the molecule is COc1ccccc1C(CNCc1cccc(C#N)c1)N1CCCC1. The van der Waals surface area contributed by atoms with Crippen molar-refractivity contribution in [2.45, 2.75) is 25.4 Å². The third-order valence-electron chi connectivity index (χ3n) is 4.80. The molecule has 25 heavy (non-hydrogen) atoms. The van der Waals surface area contributed by atoms with E-state index in [0.29, 0.717) is 11.6 Å². The first-order valence-corrected chi connectivity index (χ1v) is 8.88. The van der Waals surface area contributed by atoms with Gasteiger partial charge in [0.05, 0.1) is 24.8 Å². The first-order chi connectivity index (χ1) is 12.3. The fraction of sp³-hybridized carbons (Fsp3) is 0.381. The van der Waals surface area contributed by atoms with E-state index in [1.165, 1.54) is 18.4 Å². The molecule has 130 valence electrons. The Morgan fingerprint density at radius 3 is 2.72 bits per heavy atom. The maximum Gasteiger partial charge on any atom is 0.123 e. The second kappa shape index (κ2) is 8.66. The Morgan fingerprint density at radius 2 is 1.96 bits per heavy atom. The molecule has 0 aromatic heterocycles. The quantitative estimate of drug-likeness (QED) is 0.841. The molecule has 2 aromatic rings. The molecule has 0 amide bonds. The van der Waals surface area contributed by atoms with Crippen molar-refractivity contribution in [3.63, 3.8) is 0 Å². The maximum absolute atomic E-state index is 9.03. The van der Waals surface area contributed by atoms with Gasteiger partial charge in [-0.1, -0.05) is 30.3 Å². The molecule has 1 aliphatic rings. The van der Waals surface area contributed by atoms with Crippen molar-refractivity contribution in [3.05, 3.63) is 65.2 Å². The van der Waals surface area contributed by atoms with E-state index in [1.54, 1.807) is 7.11 Å². The number of methoxy groups -OCH3 is 1. The van der Waals surface area contributed by atoms with Crippen molar-refractivity contribution in [3.8, 4) is 11.8 Å². The molecule has 1 unspecified atom stereocenters. The second-order valence-corrected chi connectivity index (χ2v) is 6.44. The van der Waals surface area contributed by atoms with Crippen molar-refractivity contribution in [2.24, 2.45) is 0 Å². The van der Waals surface area contributed by atoms with Crippen molar-refractivity contribution in [2.75, 3.05) is 26.7 Å². The molecular formula is C21H25N3O. The van der Waals surface area contributed by atoms with E-state index < -0.39 is 0 Å². The van der Waals surface area contributed by atoms with Gasteiger partial charge in [0.15, 0.2) is 0 Å². The van der Waals surface area contributed by atoms with Gasteiger partial charge in [0, 0.05) is 18.7 Å². The average molecular weight is 335 g/mol. The molecular weight excluding hydrogens is 310 g/mol. The zero-order chi connectivity index (χ0) is 17.5. The van der Waals surface area contributed by atoms with Gasteiger partial charge in [-0.3, -0.25) is 4.90 Å². The molecule has 4 nitrogen and oxygen atoms in total. The molecule has 1 saturated heterocycles. The molecule has 1 aliphatic heterocycles. The van der Waals surface area contributed by atoms with Crippen molar-refractivity contribution >= 4 is 0 Å². The van der Waals surface area contributed by atoms with E-state index >= 15 is 0 Å². The smallest absolute Gasteiger partial charge is 0.123 e. The van der Waals surface area contributed by atoms with Gasteiger partial charge in [-0.25, -0.2) is 0 Å². The highest BCUT2D eigenvalue weighted by Crippen LogP contribution is 2.31. The minimum Gasteiger partial charge on any atom is -0.496 e. The molecule has 1 N–H and O–H groups in total. The Balaban J connectivity index is 1.71. The molecule has 0 radical (unpaired) electrons. The standard InChI is InChI=1S/C21H25N3O/c1-25-21-10-3-2-9-19(21)20(24-11-4-5-12-24)16-23-15-18-8-6-7-17(13-18)14-22/h2-3,6-10,13,20,23H,4-5,11-12,15-16H2,1H3. The second-order valence-electron chi connectivity index (χ2n) is 6.44. The van der Waals surface area contributed by atoms with Crippen molar-refractivity contribution in [1.82, 2.24) is 10.2 Å². The normalized spacial score (nSPS) is 15.7. The van der Waals surface area contributed by atoms with Crippen LogP contribution in [0, 0.1) is 11.3 Å². The summed E-state index contributed by atoms with van der Waals surface area (Å²) in [6.45, 7) is 3.88. The van der Waals surface area contributed by atoms with Gasteiger partial charge in [-0.05, 0) is 49.7 Å². The van der Waals surface area contributed by atoms with Gasteiger partial charge in [-0.2, -0.15) is 5.26 Å². The van der Waals surface area contributed by atoms with Crippen molar-refractivity contribution in [1.29, 1.82) is 5.26 Å². The zero-order valence-corrected chi connectivity index (χ0v) is 14.7. The third kappa shape index (κ3) is 4.39. The van der Waals surface area contributed by atoms with E-state index in [-0.39, 0.29) is 0 Å². The summed E-state index contributed by atoms with van der Waals surface area (Å²) in [5, 5.41) is 12.6. The lowest BCUT2D eigenvalue weighted by Crippen LogP contribution is -2.34. The number of nitrogens with one attached hydrogen (secondary N) is 1. The third-order valence-corrected chi connectivity index (χ3v) is 4.80. The van der Waals surface area contributed by atoms with E-state index in [1.807, 2.05) is 30.3 Å². The lowest BCUT2D eigenvalue weighted by Gasteiger charge is -2.29. The van der Waals surface area contributed by atoms with E-state index in [4.69, 9.17) is 10.00 Å². The van der Waals surface area contributed by atoms with Crippen LogP contribution in [0.1, 0.15) is 35.6 Å². The van der Waals surface area contributed by atoms with Crippen LogP contribution in [0.5, 0.6) is 5.75 Å². The Labute approximate surface area is 150 Å².